The summed E-state index contributed by atoms with van der Waals surface area (Å²) in [4.78, 5) is 0. The van der Waals surface area contributed by atoms with Gasteiger partial charge in [0.2, 0.25) is 0 Å². The van der Waals surface area contributed by atoms with Crippen molar-refractivity contribution >= 4 is 17.0 Å². The van der Waals surface area contributed by atoms with E-state index in [0.717, 1.165) is 32.1 Å². The molecule has 0 aliphatic heterocycles. The number of para-hydroxylation sites is 1. The fourth-order valence-electron chi connectivity index (χ4n) is 9.95. The van der Waals surface area contributed by atoms with Gasteiger partial charge in [0.05, 0.1) is 5.52 Å². The molecular weight excluding hydrogens is 783 g/mol. The second-order valence-corrected chi connectivity index (χ2v) is 17.6. The summed E-state index contributed by atoms with van der Waals surface area (Å²) in [6.07, 6.45) is 9.84. The number of benzene rings is 9. The quantitative estimate of drug-likeness (QED) is 0.116. The second-order valence-electron chi connectivity index (χ2n) is 17.6. The first kappa shape index (κ1) is 40.1. The van der Waals surface area contributed by atoms with Crippen LogP contribution in [0.3, 0.4) is 0 Å². The van der Waals surface area contributed by atoms with Crippen LogP contribution in [0.5, 0.6) is 0 Å². The van der Waals surface area contributed by atoms with Crippen molar-refractivity contribution in [3.05, 3.63) is 265 Å². The standard InChI is InChI=1S/C64H51N/c1-4-14-48(15-5-1)54-18-12-20-56(43-54)50-33-29-47(30-34-50)42-58(53-38-36-52(37-39-53)57-21-13-19-55(44-57)49-16-6-2-7-17-49)35-28-46-26-31-51(32-27-46)59-40-41-64-62(45-59)61-24-10-11-25-63(61)65(64)60-22-8-3-9-23-60/h1-10,12-24,26-27,29-34,36-41,43-45,58H,11,25,28,35,42H2. The average Bonchev–Trinajstić information content (AvgIpc) is 3.72. The fourth-order valence-corrected chi connectivity index (χ4v) is 9.95. The summed E-state index contributed by atoms with van der Waals surface area (Å²) in [5.74, 6) is 0.363. The van der Waals surface area contributed by atoms with E-state index in [4.69, 9.17) is 0 Å². The zero-order valence-electron chi connectivity index (χ0n) is 36.7. The molecule has 1 aromatic heterocycles. The Bertz CT molecular complexity index is 3230. The van der Waals surface area contributed by atoms with Gasteiger partial charge in [-0.3, -0.25) is 0 Å². The average molecular weight is 834 g/mol. The van der Waals surface area contributed by atoms with Crippen molar-refractivity contribution in [1.29, 1.82) is 0 Å². The Morgan fingerprint density at radius 2 is 0.862 bits per heavy atom. The van der Waals surface area contributed by atoms with Crippen LogP contribution in [0.25, 0.3) is 78.3 Å². The van der Waals surface area contributed by atoms with E-state index < -0.39 is 0 Å². The Balaban J connectivity index is 0.851. The van der Waals surface area contributed by atoms with Crippen molar-refractivity contribution in [3.8, 4) is 61.3 Å². The third-order valence-electron chi connectivity index (χ3n) is 13.4. The summed E-state index contributed by atoms with van der Waals surface area (Å²) in [6.45, 7) is 0. The first-order valence-corrected chi connectivity index (χ1v) is 23.2. The molecule has 1 nitrogen and oxygen atoms in total. The maximum atomic E-state index is 2.47. The molecule has 1 heteroatoms. The predicted octanol–water partition coefficient (Wildman–Crippen LogP) is 16.9. The molecule has 0 spiro atoms. The van der Waals surface area contributed by atoms with Gasteiger partial charge in [0.1, 0.15) is 0 Å². The number of rotatable bonds is 12. The molecule has 0 fully saturated rings. The van der Waals surface area contributed by atoms with E-state index in [1.807, 2.05) is 0 Å². The molecule has 1 aliphatic carbocycles. The lowest BCUT2D eigenvalue weighted by Gasteiger charge is -2.19. The molecule has 1 unspecified atom stereocenters. The number of nitrogens with zero attached hydrogens (tertiary/aromatic N) is 1. The fraction of sp³-hybridized carbons (Fsp3) is 0.0938. The highest BCUT2D eigenvalue weighted by molar-refractivity contribution is 5.96. The SMILES string of the molecule is C1=Cc2c(n(-c3ccccc3)c3ccc(-c4ccc(CCC(Cc5ccc(-c6cccc(-c7ccccc7)c6)cc5)c5ccc(-c6cccc(-c7ccccc7)c6)cc5)cc4)cc23)CC1. The Morgan fingerprint density at radius 1 is 0.400 bits per heavy atom. The number of aromatic nitrogens is 1. The van der Waals surface area contributed by atoms with Crippen molar-refractivity contribution in [3.63, 3.8) is 0 Å². The lowest BCUT2D eigenvalue weighted by atomic mass is 9.85. The van der Waals surface area contributed by atoms with Crippen LogP contribution < -0.4 is 0 Å². The minimum absolute atomic E-state index is 0.363. The highest BCUT2D eigenvalue weighted by atomic mass is 15.0. The zero-order valence-corrected chi connectivity index (χ0v) is 36.7. The Kier molecular flexibility index (Phi) is 11.2. The molecule has 9 aromatic carbocycles. The van der Waals surface area contributed by atoms with Gasteiger partial charge in [0.15, 0.2) is 0 Å². The molecule has 0 bridgehead atoms. The minimum atomic E-state index is 0.363. The van der Waals surface area contributed by atoms with Crippen LogP contribution >= 0.6 is 0 Å². The number of hydrogen-bond acceptors (Lipinski definition) is 0. The Hall–Kier alpha value is -7.74. The van der Waals surface area contributed by atoms with Crippen LogP contribution in [0.4, 0.5) is 0 Å². The molecule has 0 N–H and O–H groups in total. The summed E-state index contributed by atoms with van der Waals surface area (Å²) < 4.78 is 2.47. The Labute approximate surface area is 383 Å². The molecule has 65 heavy (non-hydrogen) atoms. The number of allylic oxidation sites excluding steroid dienone is 1. The van der Waals surface area contributed by atoms with Gasteiger partial charge in [0.25, 0.3) is 0 Å². The van der Waals surface area contributed by atoms with Gasteiger partial charge < -0.3 is 4.57 Å². The monoisotopic (exact) mass is 833 g/mol. The summed E-state index contributed by atoms with van der Waals surface area (Å²) in [6, 6.07) is 85.0. The lowest BCUT2D eigenvalue weighted by Crippen LogP contribution is -2.05. The summed E-state index contributed by atoms with van der Waals surface area (Å²) in [5.41, 5.74) is 21.9. The van der Waals surface area contributed by atoms with Crippen LogP contribution in [-0.4, -0.2) is 4.57 Å². The smallest absolute Gasteiger partial charge is 0.0538 e. The molecule has 1 atom stereocenters. The van der Waals surface area contributed by atoms with Gasteiger partial charge in [-0.05, 0) is 147 Å². The van der Waals surface area contributed by atoms with E-state index in [2.05, 4.69) is 247 Å². The van der Waals surface area contributed by atoms with Crippen LogP contribution in [0.2, 0.25) is 0 Å². The van der Waals surface area contributed by atoms with Crippen molar-refractivity contribution in [2.24, 2.45) is 0 Å². The van der Waals surface area contributed by atoms with E-state index >= 15 is 0 Å². The molecule has 10 aromatic rings. The third kappa shape index (κ3) is 8.54. The molecule has 0 amide bonds. The molecule has 312 valence electrons. The normalized spacial score (nSPS) is 12.6. The topological polar surface area (TPSA) is 4.93 Å². The maximum absolute atomic E-state index is 2.47. The zero-order chi connectivity index (χ0) is 43.4. The number of hydrogen-bond donors (Lipinski definition) is 0. The van der Waals surface area contributed by atoms with Crippen LogP contribution in [0.15, 0.2) is 237 Å². The van der Waals surface area contributed by atoms with E-state index in [9.17, 15) is 0 Å². The molecule has 0 radical (unpaired) electrons. The second kappa shape index (κ2) is 18.2. The summed E-state index contributed by atoms with van der Waals surface area (Å²) in [7, 11) is 0. The molecule has 0 saturated carbocycles. The third-order valence-corrected chi connectivity index (χ3v) is 13.4. The van der Waals surface area contributed by atoms with Crippen LogP contribution in [0, 0.1) is 0 Å². The molecule has 1 heterocycles. The highest BCUT2D eigenvalue weighted by Gasteiger charge is 2.20. The van der Waals surface area contributed by atoms with Crippen LogP contribution in [0.1, 0.15) is 46.7 Å². The van der Waals surface area contributed by atoms with E-state index in [1.54, 1.807) is 0 Å². The Morgan fingerprint density at radius 3 is 1.43 bits per heavy atom. The van der Waals surface area contributed by atoms with Crippen molar-refractivity contribution in [1.82, 2.24) is 4.57 Å². The largest absolute Gasteiger partial charge is 0.313 e. The predicted molar refractivity (Wildman–Crippen MR) is 275 cm³/mol. The first-order chi connectivity index (χ1) is 32.2. The van der Waals surface area contributed by atoms with Gasteiger partial charge in [-0.1, -0.05) is 206 Å². The van der Waals surface area contributed by atoms with Crippen molar-refractivity contribution in [2.45, 2.75) is 38.0 Å². The van der Waals surface area contributed by atoms with Crippen LogP contribution in [-0.2, 0) is 19.3 Å². The van der Waals surface area contributed by atoms with Gasteiger partial charge in [0, 0.05) is 22.3 Å². The molecule has 1 aliphatic rings. The summed E-state index contributed by atoms with van der Waals surface area (Å²) >= 11 is 0. The molecule has 0 saturated heterocycles. The van der Waals surface area contributed by atoms with Gasteiger partial charge in [-0.2, -0.15) is 0 Å². The van der Waals surface area contributed by atoms with Gasteiger partial charge in [-0.25, -0.2) is 0 Å². The van der Waals surface area contributed by atoms with Gasteiger partial charge in [-0.15, -0.1) is 0 Å². The van der Waals surface area contributed by atoms with Crippen molar-refractivity contribution < 1.29 is 0 Å². The number of aryl methyl sites for hydroxylation is 1. The van der Waals surface area contributed by atoms with Crippen molar-refractivity contribution in [2.75, 3.05) is 0 Å². The summed E-state index contributed by atoms with van der Waals surface area (Å²) in [5, 5.41) is 1.33. The van der Waals surface area contributed by atoms with Gasteiger partial charge >= 0.3 is 0 Å². The van der Waals surface area contributed by atoms with E-state index in [0.29, 0.717) is 5.92 Å². The molecular formula is C64H51N. The van der Waals surface area contributed by atoms with E-state index in [1.165, 1.54) is 100 Å². The first-order valence-electron chi connectivity index (χ1n) is 23.2. The highest BCUT2D eigenvalue weighted by Crippen LogP contribution is 2.37. The lowest BCUT2D eigenvalue weighted by molar-refractivity contribution is 0.621. The number of fused-ring (bicyclic) bond motifs is 3. The molecule has 11 rings (SSSR count). The minimum Gasteiger partial charge on any atom is -0.313 e. The van der Waals surface area contributed by atoms with E-state index in [-0.39, 0.29) is 0 Å². The maximum Gasteiger partial charge on any atom is 0.0538 e.